The molecule has 0 saturated carbocycles. The van der Waals surface area contributed by atoms with Crippen LogP contribution in [0.3, 0.4) is 0 Å². The number of fused-ring (bicyclic) bond motifs is 1. The lowest BCUT2D eigenvalue weighted by atomic mass is 10.0. The Balaban J connectivity index is 2.63. The first-order valence-electron chi connectivity index (χ1n) is 6.85. The van der Waals surface area contributed by atoms with E-state index in [0.717, 1.165) is 22.3 Å². The summed E-state index contributed by atoms with van der Waals surface area (Å²) in [6.45, 7) is 10.9. The third kappa shape index (κ3) is 2.83. The normalized spacial score (nSPS) is 11.6. The number of rotatable bonds is 4. The second kappa shape index (κ2) is 5.63. The monoisotopic (exact) mass is 270 g/mol. The average molecular weight is 270 g/mol. The molecule has 0 saturated heterocycles. The Morgan fingerprint density at radius 1 is 1.30 bits per heavy atom. The number of para-hydroxylation sites is 1. The molecule has 1 N–H and O–H groups in total. The molecule has 106 valence electrons. The van der Waals surface area contributed by atoms with E-state index in [1.807, 2.05) is 36.4 Å². The molecule has 1 heterocycles. The number of anilines is 1. The zero-order valence-corrected chi connectivity index (χ0v) is 12.4. The largest absolute Gasteiger partial charge is 0.392 e. The van der Waals surface area contributed by atoms with Crippen molar-refractivity contribution in [1.82, 2.24) is 4.98 Å². The quantitative estimate of drug-likeness (QED) is 0.864. The van der Waals surface area contributed by atoms with Gasteiger partial charge in [-0.1, -0.05) is 24.3 Å². The molecule has 3 heteroatoms. The number of nitrogens with zero attached hydrogens (tertiary/aromatic N) is 2. The van der Waals surface area contributed by atoms with E-state index in [1.54, 1.807) is 0 Å². The van der Waals surface area contributed by atoms with Gasteiger partial charge in [0.15, 0.2) is 0 Å². The first kappa shape index (κ1) is 14.5. The van der Waals surface area contributed by atoms with E-state index in [4.69, 9.17) is 4.98 Å². The van der Waals surface area contributed by atoms with Gasteiger partial charge in [0.2, 0.25) is 0 Å². The van der Waals surface area contributed by atoms with Gasteiger partial charge in [0, 0.05) is 23.0 Å². The van der Waals surface area contributed by atoms with Crippen molar-refractivity contribution in [3.63, 3.8) is 0 Å². The first-order chi connectivity index (χ1) is 9.47. The fourth-order valence-electron chi connectivity index (χ4n) is 2.31. The molecule has 0 amide bonds. The maximum Gasteiger partial charge on any atom is 0.135 e. The molecule has 20 heavy (non-hydrogen) atoms. The summed E-state index contributed by atoms with van der Waals surface area (Å²) in [5, 5.41) is 10.7. The molecule has 1 aromatic carbocycles. The van der Waals surface area contributed by atoms with E-state index in [1.165, 1.54) is 0 Å². The van der Waals surface area contributed by atoms with Crippen molar-refractivity contribution in [3.05, 3.63) is 48.6 Å². The molecule has 0 aliphatic rings. The topological polar surface area (TPSA) is 36.4 Å². The van der Waals surface area contributed by atoms with E-state index in [0.29, 0.717) is 6.54 Å². The molecule has 2 rings (SSSR count). The number of pyridine rings is 1. The Hall–Kier alpha value is -1.87. The summed E-state index contributed by atoms with van der Waals surface area (Å²) in [7, 11) is 0. The SMILES string of the molecule is C=CCN(c1nc2ccccc2cc1CO)C(C)(C)C. The summed E-state index contributed by atoms with van der Waals surface area (Å²) in [4.78, 5) is 6.91. The Morgan fingerprint density at radius 2 is 2.00 bits per heavy atom. The molecule has 0 bridgehead atoms. The van der Waals surface area contributed by atoms with E-state index >= 15 is 0 Å². The fourth-order valence-corrected chi connectivity index (χ4v) is 2.31. The zero-order valence-electron chi connectivity index (χ0n) is 12.4. The van der Waals surface area contributed by atoms with Crippen molar-refractivity contribution >= 4 is 16.7 Å². The van der Waals surface area contributed by atoms with Crippen LogP contribution < -0.4 is 4.90 Å². The van der Waals surface area contributed by atoms with Gasteiger partial charge in [-0.3, -0.25) is 0 Å². The highest BCUT2D eigenvalue weighted by atomic mass is 16.3. The molecule has 0 unspecified atom stereocenters. The van der Waals surface area contributed by atoms with Crippen LogP contribution >= 0.6 is 0 Å². The van der Waals surface area contributed by atoms with Gasteiger partial charge in [0.25, 0.3) is 0 Å². The van der Waals surface area contributed by atoms with E-state index in [-0.39, 0.29) is 12.1 Å². The second-order valence-corrected chi connectivity index (χ2v) is 5.89. The van der Waals surface area contributed by atoms with Gasteiger partial charge >= 0.3 is 0 Å². The highest BCUT2D eigenvalue weighted by Crippen LogP contribution is 2.28. The third-order valence-corrected chi connectivity index (χ3v) is 3.33. The number of hydrogen-bond acceptors (Lipinski definition) is 3. The van der Waals surface area contributed by atoms with Crippen molar-refractivity contribution < 1.29 is 5.11 Å². The zero-order chi connectivity index (χ0) is 14.8. The molecule has 1 aromatic heterocycles. The predicted molar refractivity (Wildman–Crippen MR) is 85.0 cm³/mol. The fraction of sp³-hybridized carbons (Fsp3) is 0.353. The summed E-state index contributed by atoms with van der Waals surface area (Å²) in [5.74, 6) is 0.832. The van der Waals surface area contributed by atoms with Crippen LogP contribution in [0, 0.1) is 0 Å². The van der Waals surface area contributed by atoms with E-state index in [9.17, 15) is 5.11 Å². The molecule has 0 fully saturated rings. The lowest BCUT2D eigenvalue weighted by Crippen LogP contribution is -2.42. The summed E-state index contributed by atoms with van der Waals surface area (Å²) in [5.41, 5.74) is 1.70. The minimum absolute atomic E-state index is 0.0170. The lowest BCUT2D eigenvalue weighted by molar-refractivity contribution is 0.281. The number of hydrogen-bond donors (Lipinski definition) is 1. The van der Waals surface area contributed by atoms with Crippen molar-refractivity contribution in [2.75, 3.05) is 11.4 Å². The maximum absolute atomic E-state index is 9.67. The smallest absolute Gasteiger partial charge is 0.135 e. The van der Waals surface area contributed by atoms with Crippen molar-refractivity contribution in [3.8, 4) is 0 Å². The molecule has 0 aliphatic heterocycles. The third-order valence-electron chi connectivity index (χ3n) is 3.33. The van der Waals surface area contributed by atoms with Crippen molar-refractivity contribution in [2.45, 2.75) is 32.9 Å². The Kier molecular flexibility index (Phi) is 4.09. The van der Waals surface area contributed by atoms with Crippen LogP contribution in [0.25, 0.3) is 10.9 Å². The van der Waals surface area contributed by atoms with Crippen molar-refractivity contribution in [2.24, 2.45) is 0 Å². The number of aliphatic hydroxyl groups is 1. The molecule has 0 aliphatic carbocycles. The molecule has 0 radical (unpaired) electrons. The molecular formula is C17H22N2O. The van der Waals surface area contributed by atoms with Gasteiger partial charge in [-0.2, -0.15) is 0 Å². The highest BCUT2D eigenvalue weighted by Gasteiger charge is 2.24. The number of aliphatic hydroxyl groups excluding tert-OH is 1. The van der Waals surface area contributed by atoms with Crippen LogP contribution in [0.4, 0.5) is 5.82 Å². The van der Waals surface area contributed by atoms with Gasteiger partial charge < -0.3 is 10.0 Å². The summed E-state index contributed by atoms with van der Waals surface area (Å²) < 4.78 is 0. The number of benzene rings is 1. The van der Waals surface area contributed by atoms with Gasteiger partial charge in [-0.15, -0.1) is 6.58 Å². The van der Waals surface area contributed by atoms with Crippen LogP contribution in [-0.4, -0.2) is 22.2 Å². The van der Waals surface area contributed by atoms with E-state index in [2.05, 4.69) is 32.3 Å². The molecule has 2 aromatic rings. The summed E-state index contributed by atoms with van der Waals surface area (Å²) in [6, 6.07) is 9.98. The van der Waals surface area contributed by atoms with Gasteiger partial charge in [-0.05, 0) is 32.9 Å². The number of aromatic nitrogens is 1. The van der Waals surface area contributed by atoms with Crippen LogP contribution in [0.5, 0.6) is 0 Å². The van der Waals surface area contributed by atoms with Crippen LogP contribution in [0.15, 0.2) is 43.0 Å². The molecule has 0 atom stereocenters. The summed E-state index contributed by atoms with van der Waals surface area (Å²) >= 11 is 0. The van der Waals surface area contributed by atoms with Gasteiger partial charge in [-0.25, -0.2) is 4.98 Å². The minimum atomic E-state index is -0.0897. The van der Waals surface area contributed by atoms with Gasteiger partial charge in [0.1, 0.15) is 5.82 Å². The Morgan fingerprint density at radius 3 is 2.60 bits per heavy atom. The first-order valence-corrected chi connectivity index (χ1v) is 6.85. The Bertz CT molecular complexity index is 614. The summed E-state index contributed by atoms with van der Waals surface area (Å²) in [6.07, 6.45) is 1.86. The van der Waals surface area contributed by atoms with Crippen LogP contribution in [0.1, 0.15) is 26.3 Å². The van der Waals surface area contributed by atoms with E-state index < -0.39 is 0 Å². The molecular weight excluding hydrogens is 248 g/mol. The minimum Gasteiger partial charge on any atom is -0.392 e. The van der Waals surface area contributed by atoms with Crippen LogP contribution in [-0.2, 0) is 6.61 Å². The lowest BCUT2D eigenvalue weighted by Gasteiger charge is -2.37. The molecule has 0 spiro atoms. The standard InChI is InChI=1S/C17H22N2O/c1-5-10-19(17(2,3)4)16-14(12-20)11-13-8-6-7-9-15(13)18-16/h5-9,11,20H,1,10,12H2,2-4H3. The van der Waals surface area contributed by atoms with Crippen LogP contribution in [0.2, 0.25) is 0 Å². The average Bonchev–Trinajstić information content (AvgIpc) is 2.42. The maximum atomic E-state index is 9.67. The Labute approximate surface area is 120 Å². The van der Waals surface area contributed by atoms with Crippen molar-refractivity contribution in [1.29, 1.82) is 0 Å². The highest BCUT2D eigenvalue weighted by molar-refractivity contribution is 5.82. The predicted octanol–water partition coefficient (Wildman–Crippen LogP) is 3.52. The van der Waals surface area contributed by atoms with Gasteiger partial charge in [0.05, 0.1) is 12.1 Å². The second-order valence-electron chi connectivity index (χ2n) is 5.89. The molecule has 3 nitrogen and oxygen atoms in total.